The standard InChI is InChI=1S/C4H8Br3O3P/c1-2-9-11(8)10-3-4(5,6)7/h8H,2-3H2,1H3. The van der Waals surface area contributed by atoms with E-state index in [1.54, 1.807) is 6.92 Å². The Morgan fingerprint density at radius 3 is 2.27 bits per heavy atom. The zero-order valence-electron chi connectivity index (χ0n) is 5.76. The minimum Gasteiger partial charge on any atom is -0.328 e. The first-order valence-electron chi connectivity index (χ1n) is 2.77. The summed E-state index contributed by atoms with van der Waals surface area (Å²) < 4.78 is 9.20. The summed E-state index contributed by atoms with van der Waals surface area (Å²) >= 11 is 9.63. The highest BCUT2D eigenvalue weighted by Crippen LogP contribution is 2.40. The number of hydrogen-bond acceptors (Lipinski definition) is 3. The Labute approximate surface area is 92.2 Å². The van der Waals surface area contributed by atoms with Gasteiger partial charge in [0.2, 0.25) is 0 Å². The van der Waals surface area contributed by atoms with Gasteiger partial charge in [-0.3, -0.25) is 0 Å². The van der Waals surface area contributed by atoms with Crippen LogP contribution in [0.1, 0.15) is 6.92 Å². The van der Waals surface area contributed by atoms with Gasteiger partial charge in [-0.25, -0.2) is 0 Å². The summed E-state index contributed by atoms with van der Waals surface area (Å²) in [5.41, 5.74) is 0. The van der Waals surface area contributed by atoms with E-state index in [4.69, 9.17) is 13.9 Å². The number of hydrogen-bond donors (Lipinski definition) is 1. The quantitative estimate of drug-likeness (QED) is 0.607. The average molecular weight is 375 g/mol. The number of alkyl halides is 3. The monoisotopic (exact) mass is 372 g/mol. The van der Waals surface area contributed by atoms with E-state index in [2.05, 4.69) is 47.8 Å². The first kappa shape index (κ1) is 12.8. The molecule has 68 valence electrons. The summed E-state index contributed by atoms with van der Waals surface area (Å²) in [5, 5.41) is 0. The Balaban J connectivity index is 3.38. The molecule has 0 bridgehead atoms. The third-order valence-electron chi connectivity index (χ3n) is 0.578. The summed E-state index contributed by atoms with van der Waals surface area (Å²) in [6.07, 6.45) is 0. The average Bonchev–Trinajstić information content (AvgIpc) is 1.83. The summed E-state index contributed by atoms with van der Waals surface area (Å²) in [4.78, 5) is 8.97. The van der Waals surface area contributed by atoms with E-state index in [9.17, 15) is 0 Å². The largest absolute Gasteiger partial charge is 0.329 e. The molecule has 0 saturated heterocycles. The predicted octanol–water partition coefficient (Wildman–Crippen LogP) is 3.10. The fourth-order valence-corrected chi connectivity index (χ4v) is 1.75. The Morgan fingerprint density at radius 1 is 1.36 bits per heavy atom. The molecule has 0 amide bonds. The number of halogens is 3. The fourth-order valence-electron chi connectivity index (χ4n) is 0.276. The maximum atomic E-state index is 8.97. The lowest BCUT2D eigenvalue weighted by Gasteiger charge is -2.14. The molecule has 0 rings (SSSR count). The van der Waals surface area contributed by atoms with Gasteiger partial charge in [0.15, 0.2) is 2.14 Å². The van der Waals surface area contributed by atoms with Crippen LogP contribution >= 0.6 is 56.4 Å². The highest BCUT2D eigenvalue weighted by atomic mass is 80.0. The molecule has 1 N–H and O–H groups in total. The molecule has 0 aliphatic carbocycles. The summed E-state index contributed by atoms with van der Waals surface area (Å²) in [5.74, 6) is 0. The van der Waals surface area contributed by atoms with Gasteiger partial charge in [-0.2, -0.15) is 0 Å². The fraction of sp³-hybridized carbons (Fsp3) is 1.00. The van der Waals surface area contributed by atoms with Crippen molar-refractivity contribution in [3.05, 3.63) is 0 Å². The second-order valence-electron chi connectivity index (χ2n) is 1.54. The van der Waals surface area contributed by atoms with Crippen molar-refractivity contribution in [3.8, 4) is 0 Å². The van der Waals surface area contributed by atoms with Crippen LogP contribution in [0.15, 0.2) is 0 Å². The molecule has 0 aliphatic rings. The molecule has 1 unspecified atom stereocenters. The third-order valence-corrected chi connectivity index (χ3v) is 2.09. The highest BCUT2D eigenvalue weighted by molar-refractivity contribution is 9.39. The van der Waals surface area contributed by atoms with Gasteiger partial charge in [-0.15, -0.1) is 0 Å². The van der Waals surface area contributed by atoms with Gasteiger partial charge in [0.05, 0.1) is 13.2 Å². The Morgan fingerprint density at radius 2 is 1.91 bits per heavy atom. The van der Waals surface area contributed by atoms with E-state index < -0.39 is 10.7 Å². The molecule has 7 heteroatoms. The van der Waals surface area contributed by atoms with Crippen LogP contribution in [0.2, 0.25) is 0 Å². The lowest BCUT2D eigenvalue weighted by atomic mass is 10.9. The Hall–Kier alpha value is 1.75. The summed E-state index contributed by atoms with van der Waals surface area (Å²) in [6, 6.07) is 0. The molecule has 0 aromatic carbocycles. The van der Waals surface area contributed by atoms with Gasteiger partial charge in [-0.1, -0.05) is 47.8 Å². The first-order chi connectivity index (χ1) is 4.95. The number of rotatable bonds is 4. The molecule has 0 fully saturated rings. The van der Waals surface area contributed by atoms with Crippen LogP contribution in [0.3, 0.4) is 0 Å². The van der Waals surface area contributed by atoms with Gasteiger partial charge >= 0.3 is 8.60 Å². The van der Waals surface area contributed by atoms with Crippen molar-refractivity contribution < 1.29 is 13.9 Å². The van der Waals surface area contributed by atoms with E-state index >= 15 is 0 Å². The lowest BCUT2D eigenvalue weighted by Crippen LogP contribution is -2.08. The second-order valence-corrected chi connectivity index (χ2v) is 9.79. The van der Waals surface area contributed by atoms with Crippen LogP contribution in [0.5, 0.6) is 0 Å². The molecular weight excluding hydrogens is 367 g/mol. The van der Waals surface area contributed by atoms with Crippen molar-refractivity contribution in [2.75, 3.05) is 13.2 Å². The molecule has 0 saturated carbocycles. The lowest BCUT2D eigenvalue weighted by molar-refractivity contribution is 0.214. The van der Waals surface area contributed by atoms with Gasteiger partial charge in [0.25, 0.3) is 0 Å². The van der Waals surface area contributed by atoms with Crippen LogP contribution in [0.4, 0.5) is 0 Å². The van der Waals surface area contributed by atoms with Crippen molar-refractivity contribution >= 4 is 56.4 Å². The van der Waals surface area contributed by atoms with Crippen LogP contribution in [0.25, 0.3) is 0 Å². The van der Waals surface area contributed by atoms with Gasteiger partial charge < -0.3 is 13.9 Å². The molecule has 0 spiro atoms. The van der Waals surface area contributed by atoms with Crippen LogP contribution in [-0.4, -0.2) is 20.2 Å². The van der Waals surface area contributed by atoms with Crippen molar-refractivity contribution in [1.82, 2.24) is 0 Å². The normalized spacial score (nSPS) is 15.0. The molecule has 0 aromatic rings. The Bertz CT molecular complexity index is 107. The molecular formula is C4H8Br3O3P. The first-order valence-corrected chi connectivity index (χ1v) is 6.28. The van der Waals surface area contributed by atoms with Crippen molar-refractivity contribution in [1.29, 1.82) is 0 Å². The second kappa shape index (κ2) is 6.24. The van der Waals surface area contributed by atoms with Crippen molar-refractivity contribution in [2.24, 2.45) is 0 Å². The van der Waals surface area contributed by atoms with Gasteiger partial charge in [0, 0.05) is 0 Å². The molecule has 0 aromatic heterocycles. The third kappa shape index (κ3) is 9.67. The van der Waals surface area contributed by atoms with E-state index in [0.29, 0.717) is 6.61 Å². The smallest absolute Gasteiger partial charge is 0.328 e. The van der Waals surface area contributed by atoms with Crippen LogP contribution in [0, 0.1) is 0 Å². The Kier molecular flexibility index (Phi) is 7.23. The van der Waals surface area contributed by atoms with Gasteiger partial charge in [0.1, 0.15) is 0 Å². The van der Waals surface area contributed by atoms with Crippen molar-refractivity contribution in [2.45, 2.75) is 9.07 Å². The van der Waals surface area contributed by atoms with Gasteiger partial charge in [-0.05, 0) is 6.92 Å². The van der Waals surface area contributed by atoms with E-state index in [-0.39, 0.29) is 6.61 Å². The summed E-state index contributed by atoms with van der Waals surface area (Å²) in [7, 11) is -1.73. The topological polar surface area (TPSA) is 38.7 Å². The summed E-state index contributed by atoms with van der Waals surface area (Å²) in [6.45, 7) is 2.51. The van der Waals surface area contributed by atoms with E-state index in [1.807, 2.05) is 0 Å². The molecule has 0 aliphatic heterocycles. The maximum Gasteiger partial charge on any atom is 0.329 e. The molecule has 11 heavy (non-hydrogen) atoms. The molecule has 0 heterocycles. The minimum atomic E-state index is -1.73. The van der Waals surface area contributed by atoms with E-state index in [0.717, 1.165) is 0 Å². The molecule has 0 radical (unpaired) electrons. The zero-order valence-corrected chi connectivity index (χ0v) is 11.4. The molecule has 1 atom stereocenters. The van der Waals surface area contributed by atoms with Crippen molar-refractivity contribution in [3.63, 3.8) is 0 Å². The van der Waals surface area contributed by atoms with E-state index in [1.165, 1.54) is 0 Å². The zero-order chi connectivity index (χ0) is 8.91. The SMILES string of the molecule is CCOP(O)OCC(Br)(Br)Br. The van der Waals surface area contributed by atoms with Crippen LogP contribution < -0.4 is 0 Å². The minimum absolute atomic E-state index is 0.273. The van der Waals surface area contributed by atoms with Crippen LogP contribution in [-0.2, 0) is 9.05 Å². The predicted molar refractivity (Wildman–Crippen MR) is 56.2 cm³/mol. The molecule has 3 nitrogen and oxygen atoms in total. The maximum absolute atomic E-state index is 8.97. The highest BCUT2D eigenvalue weighted by Gasteiger charge is 2.20.